The number of hydrogen-bond donors (Lipinski definition) is 1. The molecular weight excluding hydrogens is 288 g/mol. The van der Waals surface area contributed by atoms with Gasteiger partial charge in [0.05, 0.1) is 0 Å². The van der Waals surface area contributed by atoms with E-state index in [4.69, 9.17) is 0 Å². The third-order valence-corrected chi connectivity index (χ3v) is 3.29. The predicted molar refractivity (Wildman–Crippen MR) is 77.5 cm³/mol. The number of carbonyl (C=O) groups is 1. The van der Waals surface area contributed by atoms with Crippen molar-refractivity contribution < 1.29 is 13.6 Å². The smallest absolute Gasteiger partial charge is 0.271 e. The van der Waals surface area contributed by atoms with Crippen molar-refractivity contribution in [2.24, 2.45) is 0 Å². The van der Waals surface area contributed by atoms with Gasteiger partial charge in [0.1, 0.15) is 23.0 Å². The maximum Gasteiger partial charge on any atom is 0.271 e. The van der Waals surface area contributed by atoms with E-state index in [1.165, 1.54) is 12.1 Å². The highest BCUT2D eigenvalue weighted by atomic mass is 19.1. The van der Waals surface area contributed by atoms with Gasteiger partial charge < -0.3 is 9.72 Å². The summed E-state index contributed by atoms with van der Waals surface area (Å²) in [6.45, 7) is 1.93. The molecule has 1 amide bonds. The van der Waals surface area contributed by atoms with Gasteiger partial charge in [0.25, 0.3) is 5.91 Å². The molecule has 0 atom stereocenters. The lowest BCUT2D eigenvalue weighted by molar-refractivity contribution is 0.0946. The fraction of sp³-hybridized carbons (Fsp3) is 0.125. The van der Waals surface area contributed by atoms with Crippen LogP contribution in [0.2, 0.25) is 0 Å². The number of aryl methyl sites for hydroxylation is 1. The lowest BCUT2D eigenvalue weighted by atomic mass is 10.2. The fourth-order valence-electron chi connectivity index (χ4n) is 2.25. The first-order chi connectivity index (χ1) is 10.5. The van der Waals surface area contributed by atoms with Crippen molar-refractivity contribution in [3.05, 3.63) is 71.2 Å². The van der Waals surface area contributed by atoms with Crippen molar-refractivity contribution in [1.82, 2.24) is 14.7 Å². The maximum absolute atomic E-state index is 13.1. The second-order valence-corrected chi connectivity index (χ2v) is 5.01. The lowest BCUT2D eigenvalue weighted by Crippen LogP contribution is -2.23. The summed E-state index contributed by atoms with van der Waals surface area (Å²) in [6.07, 6.45) is 3.41. The highest BCUT2D eigenvalue weighted by molar-refractivity contribution is 5.92. The molecule has 0 aliphatic carbocycles. The molecular formula is C16H13F2N3O. The average molecular weight is 301 g/mol. The minimum Gasteiger partial charge on any atom is -0.347 e. The molecule has 1 N–H and O–H groups in total. The Morgan fingerprint density at radius 1 is 1.27 bits per heavy atom. The van der Waals surface area contributed by atoms with E-state index in [2.05, 4.69) is 10.3 Å². The number of rotatable bonds is 3. The number of carbonyl (C=O) groups excluding carboxylic acids is 1. The molecule has 6 heteroatoms. The molecule has 0 spiro atoms. The van der Waals surface area contributed by atoms with Gasteiger partial charge in [-0.05, 0) is 36.2 Å². The number of nitrogens with one attached hydrogen (secondary N) is 1. The first kappa shape index (κ1) is 14.2. The van der Waals surface area contributed by atoms with Crippen molar-refractivity contribution in [2.45, 2.75) is 13.5 Å². The molecule has 0 saturated heterocycles. The standard InChI is InChI=1S/C16H13F2N3O/c1-10-3-2-4-21-9-14(20-15(10)21)16(22)19-8-11-5-12(17)7-13(18)6-11/h2-7,9H,8H2,1H3,(H,19,22). The molecule has 112 valence electrons. The number of halogens is 2. The third kappa shape index (κ3) is 2.81. The van der Waals surface area contributed by atoms with Crippen LogP contribution >= 0.6 is 0 Å². The monoisotopic (exact) mass is 301 g/mol. The number of pyridine rings is 1. The Kier molecular flexibility index (Phi) is 3.58. The van der Waals surface area contributed by atoms with Gasteiger partial charge in [-0.2, -0.15) is 0 Å². The van der Waals surface area contributed by atoms with Crippen LogP contribution in [0.3, 0.4) is 0 Å². The molecule has 0 radical (unpaired) electrons. The number of amides is 1. The molecule has 3 aromatic rings. The molecule has 0 unspecified atom stereocenters. The Labute approximate surface area is 125 Å². The minimum atomic E-state index is -0.674. The van der Waals surface area contributed by atoms with Crippen LogP contribution in [0.15, 0.2) is 42.7 Å². The van der Waals surface area contributed by atoms with E-state index in [9.17, 15) is 13.6 Å². The van der Waals surface area contributed by atoms with Crippen LogP contribution < -0.4 is 5.32 Å². The average Bonchev–Trinajstić information content (AvgIpc) is 2.89. The Hall–Kier alpha value is -2.76. The number of imidazole rings is 1. The van der Waals surface area contributed by atoms with E-state index in [0.29, 0.717) is 11.2 Å². The van der Waals surface area contributed by atoms with E-state index < -0.39 is 17.5 Å². The number of aromatic nitrogens is 2. The van der Waals surface area contributed by atoms with Crippen LogP contribution in [0.4, 0.5) is 8.78 Å². The summed E-state index contributed by atoms with van der Waals surface area (Å²) >= 11 is 0. The molecule has 3 rings (SSSR count). The molecule has 0 aliphatic rings. The third-order valence-electron chi connectivity index (χ3n) is 3.29. The van der Waals surface area contributed by atoms with Gasteiger partial charge in [-0.3, -0.25) is 4.79 Å². The zero-order valence-electron chi connectivity index (χ0n) is 11.8. The van der Waals surface area contributed by atoms with E-state index in [-0.39, 0.29) is 12.2 Å². The Balaban J connectivity index is 1.77. The van der Waals surface area contributed by atoms with Crippen molar-refractivity contribution >= 4 is 11.6 Å². The van der Waals surface area contributed by atoms with Crippen LogP contribution in [0.25, 0.3) is 5.65 Å². The SMILES string of the molecule is Cc1cccn2cc(C(=O)NCc3cc(F)cc(F)c3)nc12. The van der Waals surface area contributed by atoms with Gasteiger partial charge in [0, 0.05) is 25.0 Å². The second kappa shape index (κ2) is 5.55. The van der Waals surface area contributed by atoms with Crippen LogP contribution in [-0.4, -0.2) is 15.3 Å². The van der Waals surface area contributed by atoms with Crippen LogP contribution in [0.1, 0.15) is 21.6 Å². The van der Waals surface area contributed by atoms with Crippen LogP contribution in [-0.2, 0) is 6.54 Å². The first-order valence-electron chi connectivity index (χ1n) is 6.70. The van der Waals surface area contributed by atoms with Gasteiger partial charge in [-0.1, -0.05) is 6.07 Å². The maximum atomic E-state index is 13.1. The number of hydrogen-bond acceptors (Lipinski definition) is 2. The van der Waals surface area contributed by atoms with E-state index in [1.807, 2.05) is 19.1 Å². The molecule has 2 heterocycles. The Bertz CT molecular complexity index is 837. The van der Waals surface area contributed by atoms with Crippen molar-refractivity contribution in [2.75, 3.05) is 0 Å². The number of nitrogens with zero attached hydrogens (tertiary/aromatic N) is 2. The fourth-order valence-corrected chi connectivity index (χ4v) is 2.25. The molecule has 0 aliphatic heterocycles. The molecule has 4 nitrogen and oxygen atoms in total. The topological polar surface area (TPSA) is 46.4 Å². The van der Waals surface area contributed by atoms with Gasteiger partial charge in [0.2, 0.25) is 0 Å². The summed E-state index contributed by atoms with van der Waals surface area (Å²) in [5.41, 5.74) is 2.26. The van der Waals surface area contributed by atoms with E-state index in [0.717, 1.165) is 11.6 Å². The van der Waals surface area contributed by atoms with Crippen molar-refractivity contribution in [3.63, 3.8) is 0 Å². The molecule has 0 bridgehead atoms. The molecule has 0 saturated carbocycles. The quantitative estimate of drug-likeness (QED) is 0.808. The molecule has 22 heavy (non-hydrogen) atoms. The van der Waals surface area contributed by atoms with E-state index in [1.54, 1.807) is 16.8 Å². The zero-order chi connectivity index (χ0) is 15.7. The minimum absolute atomic E-state index is 0.0281. The summed E-state index contributed by atoms with van der Waals surface area (Å²) in [4.78, 5) is 16.4. The predicted octanol–water partition coefficient (Wildman–Crippen LogP) is 2.85. The Morgan fingerprint density at radius 2 is 2.00 bits per heavy atom. The number of benzene rings is 1. The van der Waals surface area contributed by atoms with Gasteiger partial charge in [0.15, 0.2) is 0 Å². The Morgan fingerprint density at radius 3 is 2.68 bits per heavy atom. The summed E-state index contributed by atoms with van der Waals surface area (Å²) in [6, 6.07) is 6.91. The van der Waals surface area contributed by atoms with Crippen LogP contribution in [0.5, 0.6) is 0 Å². The summed E-state index contributed by atoms with van der Waals surface area (Å²) < 4.78 is 27.9. The van der Waals surface area contributed by atoms with Crippen molar-refractivity contribution in [1.29, 1.82) is 0 Å². The highest BCUT2D eigenvalue weighted by Gasteiger charge is 2.11. The summed E-state index contributed by atoms with van der Waals surface area (Å²) in [7, 11) is 0. The largest absolute Gasteiger partial charge is 0.347 e. The molecule has 2 aromatic heterocycles. The van der Waals surface area contributed by atoms with Crippen LogP contribution in [0, 0.1) is 18.6 Å². The van der Waals surface area contributed by atoms with Gasteiger partial charge in [-0.15, -0.1) is 0 Å². The van der Waals surface area contributed by atoms with Gasteiger partial charge in [-0.25, -0.2) is 13.8 Å². The number of fused-ring (bicyclic) bond motifs is 1. The molecule has 1 aromatic carbocycles. The summed E-state index contributed by atoms with van der Waals surface area (Å²) in [5.74, 6) is -1.74. The summed E-state index contributed by atoms with van der Waals surface area (Å²) in [5, 5.41) is 2.60. The molecule has 0 fully saturated rings. The second-order valence-electron chi connectivity index (χ2n) is 5.01. The lowest BCUT2D eigenvalue weighted by Gasteiger charge is -2.04. The first-order valence-corrected chi connectivity index (χ1v) is 6.70. The highest BCUT2D eigenvalue weighted by Crippen LogP contribution is 2.11. The zero-order valence-corrected chi connectivity index (χ0v) is 11.8. The van der Waals surface area contributed by atoms with Crippen molar-refractivity contribution in [3.8, 4) is 0 Å². The van der Waals surface area contributed by atoms with E-state index >= 15 is 0 Å². The normalized spacial score (nSPS) is 10.9. The van der Waals surface area contributed by atoms with Gasteiger partial charge >= 0.3 is 0 Å².